The van der Waals surface area contributed by atoms with Gasteiger partial charge in [-0.05, 0) is 38.0 Å². The van der Waals surface area contributed by atoms with E-state index in [9.17, 15) is 14.4 Å². The van der Waals surface area contributed by atoms with Gasteiger partial charge in [-0.2, -0.15) is 5.10 Å². The summed E-state index contributed by atoms with van der Waals surface area (Å²) in [5, 5.41) is 4.12. The Bertz CT molecular complexity index is 1360. The van der Waals surface area contributed by atoms with Gasteiger partial charge in [0.25, 0.3) is 0 Å². The Hall–Kier alpha value is -3.95. The van der Waals surface area contributed by atoms with Crippen LogP contribution in [0.1, 0.15) is 79.3 Å². The van der Waals surface area contributed by atoms with E-state index in [1.54, 1.807) is 38.8 Å². The molecule has 0 bridgehead atoms. The third-order valence-electron chi connectivity index (χ3n) is 7.63. The molecule has 0 aliphatic heterocycles. The molecule has 3 aromatic heterocycles. The highest BCUT2D eigenvalue weighted by atomic mass is 16.2. The molecule has 0 atom stereocenters. The van der Waals surface area contributed by atoms with Crippen molar-refractivity contribution in [3.05, 3.63) is 59.9 Å². The van der Waals surface area contributed by atoms with Crippen LogP contribution < -0.4 is 9.80 Å². The van der Waals surface area contributed by atoms with Crippen molar-refractivity contribution in [1.82, 2.24) is 24.2 Å². The second-order valence-corrected chi connectivity index (χ2v) is 15.0. The molecule has 10 heteroatoms. The number of aromatic nitrogens is 4. The minimum absolute atomic E-state index is 0.0959. The molecule has 46 heavy (non-hydrogen) atoms. The lowest BCUT2D eigenvalue weighted by Gasteiger charge is -2.26. The third-order valence-corrected chi connectivity index (χ3v) is 7.63. The number of aryl methyl sites for hydroxylation is 2. The molecule has 0 spiro atoms. The quantitative estimate of drug-likeness (QED) is 0.332. The first-order valence-corrected chi connectivity index (χ1v) is 15.7. The van der Waals surface area contributed by atoms with Crippen molar-refractivity contribution in [2.75, 3.05) is 37.5 Å². The highest BCUT2D eigenvalue weighted by Crippen LogP contribution is 2.26. The smallest absolute Gasteiger partial charge is 0.232 e. The van der Waals surface area contributed by atoms with Crippen LogP contribution in [-0.2, 0) is 34.9 Å². The number of hydrogen-bond acceptors (Lipinski definition) is 5. The van der Waals surface area contributed by atoms with Crippen LogP contribution in [0.4, 0.5) is 11.4 Å². The number of nitrogens with zero attached hydrogens (tertiary/aromatic N) is 7. The monoisotopic (exact) mass is 637 g/mol. The van der Waals surface area contributed by atoms with Crippen LogP contribution in [0.25, 0.3) is 0 Å². The number of rotatable bonds is 5. The van der Waals surface area contributed by atoms with Gasteiger partial charge in [-0.3, -0.25) is 24.0 Å². The van der Waals surface area contributed by atoms with Gasteiger partial charge in [-0.1, -0.05) is 68.4 Å². The van der Waals surface area contributed by atoms with Crippen LogP contribution in [0.2, 0.25) is 0 Å². The van der Waals surface area contributed by atoms with E-state index in [0.717, 1.165) is 41.3 Å². The summed E-state index contributed by atoms with van der Waals surface area (Å²) in [6.07, 6.45) is 8.14. The van der Waals surface area contributed by atoms with Crippen molar-refractivity contribution in [1.29, 1.82) is 0 Å². The van der Waals surface area contributed by atoms with Gasteiger partial charge in [0.05, 0.1) is 23.3 Å². The molecule has 0 saturated carbocycles. The van der Waals surface area contributed by atoms with E-state index in [1.807, 2.05) is 140 Å². The molecule has 0 aromatic carbocycles. The fourth-order valence-corrected chi connectivity index (χ4v) is 4.51. The topological polar surface area (TPSA) is 96.6 Å². The maximum Gasteiger partial charge on any atom is 0.232 e. The van der Waals surface area contributed by atoms with Crippen molar-refractivity contribution in [2.24, 2.45) is 30.3 Å². The summed E-state index contributed by atoms with van der Waals surface area (Å²) in [6, 6.07) is 5.92. The Morgan fingerprint density at radius 3 is 1.59 bits per heavy atom. The second kappa shape index (κ2) is 16.1. The van der Waals surface area contributed by atoms with Gasteiger partial charge < -0.3 is 19.3 Å². The van der Waals surface area contributed by atoms with Gasteiger partial charge in [-0.15, -0.1) is 0 Å². The second-order valence-electron chi connectivity index (χ2n) is 15.0. The molecule has 0 radical (unpaired) electrons. The largest absolute Gasteiger partial charge is 0.353 e. The first-order valence-electron chi connectivity index (χ1n) is 15.7. The van der Waals surface area contributed by atoms with E-state index in [0.29, 0.717) is 0 Å². The minimum atomic E-state index is -0.364. The Balaban J connectivity index is 0.000000345. The number of anilines is 2. The number of hydrogen-bond donors (Lipinski definition) is 0. The highest BCUT2D eigenvalue weighted by Gasteiger charge is 2.28. The molecule has 10 nitrogen and oxygen atoms in total. The van der Waals surface area contributed by atoms with Crippen LogP contribution >= 0.6 is 0 Å². The molecule has 3 amide bonds. The minimum Gasteiger partial charge on any atom is -0.353 e. The van der Waals surface area contributed by atoms with E-state index >= 15 is 0 Å². The van der Waals surface area contributed by atoms with E-state index in [1.165, 1.54) is 0 Å². The van der Waals surface area contributed by atoms with Crippen LogP contribution in [0, 0.1) is 30.1 Å². The predicted octanol–water partition coefficient (Wildman–Crippen LogP) is 6.21. The molecular formula is C36H59N7O3. The van der Waals surface area contributed by atoms with Gasteiger partial charge >= 0.3 is 0 Å². The molecule has 0 aliphatic rings. The number of amides is 3. The molecule has 3 rings (SSSR count). The maximum absolute atomic E-state index is 12.0. The highest BCUT2D eigenvalue weighted by molar-refractivity contribution is 5.97. The zero-order valence-electron chi connectivity index (χ0n) is 31.3. The zero-order chi connectivity index (χ0) is 35.8. The molecule has 3 aromatic rings. The standard InChI is InChI=1S/C13H20N2O.C12H20N2O.C11H19N3O/c1-13(2,3)12(16)15(4)9-7-11-6-5-8-14-10-11;1-9-10(7-8-13(9)5)14(6)11(15)12(2,3)4;1-8-9(7-12-14(8)6)13(5)10(15)11(2,3)4/h5-6,8,10H,7,9H2,1-4H3;7-8H,1-6H3;7H,1-6H3. The van der Waals surface area contributed by atoms with Crippen molar-refractivity contribution in [2.45, 2.75) is 82.6 Å². The average molecular weight is 638 g/mol. The summed E-state index contributed by atoms with van der Waals surface area (Å²) in [4.78, 5) is 45.2. The predicted molar refractivity (Wildman–Crippen MR) is 189 cm³/mol. The number of likely N-dealkylation sites (N-methyl/N-ethyl adjacent to an activating group) is 1. The van der Waals surface area contributed by atoms with Crippen LogP contribution in [0.15, 0.2) is 43.0 Å². The van der Waals surface area contributed by atoms with Crippen LogP contribution in [0.3, 0.4) is 0 Å². The lowest BCUT2D eigenvalue weighted by Crippen LogP contribution is -2.37. The number of pyridine rings is 1. The Morgan fingerprint density at radius 2 is 1.22 bits per heavy atom. The Labute approximate surface area is 277 Å². The van der Waals surface area contributed by atoms with Gasteiger partial charge in [0.15, 0.2) is 0 Å². The van der Waals surface area contributed by atoms with Crippen molar-refractivity contribution in [3.63, 3.8) is 0 Å². The van der Waals surface area contributed by atoms with E-state index in [4.69, 9.17) is 0 Å². The Kier molecular flexibility index (Phi) is 14.0. The lowest BCUT2D eigenvalue weighted by atomic mass is 9.95. The van der Waals surface area contributed by atoms with Crippen molar-refractivity contribution in [3.8, 4) is 0 Å². The molecule has 0 unspecified atom stereocenters. The molecule has 3 heterocycles. The molecule has 256 valence electrons. The molecule has 0 N–H and O–H groups in total. The normalized spacial score (nSPS) is 11.5. The van der Waals surface area contributed by atoms with Gasteiger partial charge in [-0.25, -0.2) is 0 Å². The average Bonchev–Trinajstić information content (AvgIpc) is 3.48. The van der Waals surface area contributed by atoms with Crippen LogP contribution in [0.5, 0.6) is 0 Å². The molecular weight excluding hydrogens is 578 g/mol. The molecule has 0 fully saturated rings. The van der Waals surface area contributed by atoms with E-state index in [-0.39, 0.29) is 34.0 Å². The Morgan fingerprint density at radius 1 is 0.717 bits per heavy atom. The van der Waals surface area contributed by atoms with Gasteiger partial charge in [0.1, 0.15) is 0 Å². The first-order chi connectivity index (χ1) is 20.9. The van der Waals surface area contributed by atoms with Gasteiger partial charge in [0, 0.05) is 82.3 Å². The summed E-state index contributed by atoms with van der Waals surface area (Å²) in [7, 11) is 9.32. The maximum atomic E-state index is 12.0. The fourth-order valence-electron chi connectivity index (χ4n) is 4.51. The summed E-state index contributed by atoms with van der Waals surface area (Å²) < 4.78 is 3.78. The lowest BCUT2D eigenvalue weighted by molar-refractivity contribution is -0.138. The SMILES string of the molecule is CN(CCc1cccnc1)C(=O)C(C)(C)C.Cc1c(N(C)C(=O)C(C)(C)C)ccn1C.Cc1c(N(C)C(=O)C(C)(C)C)cnn1C. The first kappa shape index (κ1) is 40.1. The summed E-state index contributed by atoms with van der Waals surface area (Å²) in [6.45, 7) is 22.1. The molecule has 0 saturated heterocycles. The van der Waals surface area contributed by atoms with E-state index in [2.05, 4.69) is 10.1 Å². The summed E-state index contributed by atoms with van der Waals surface area (Å²) in [5.41, 5.74) is 4.12. The van der Waals surface area contributed by atoms with Crippen LogP contribution in [-0.4, -0.2) is 69.6 Å². The van der Waals surface area contributed by atoms with Crippen molar-refractivity contribution < 1.29 is 14.4 Å². The third kappa shape index (κ3) is 11.4. The number of carbonyl (C=O) groups excluding carboxylic acids is 3. The van der Waals surface area contributed by atoms with Crippen molar-refractivity contribution >= 4 is 29.1 Å². The number of carbonyl (C=O) groups is 3. The van der Waals surface area contributed by atoms with Gasteiger partial charge in [0.2, 0.25) is 17.7 Å². The zero-order valence-corrected chi connectivity index (χ0v) is 31.3. The fraction of sp³-hybridized carbons (Fsp3) is 0.583. The summed E-state index contributed by atoms with van der Waals surface area (Å²) in [5.74, 6) is 0.409. The van der Waals surface area contributed by atoms with E-state index < -0.39 is 0 Å². The molecule has 0 aliphatic carbocycles. The summed E-state index contributed by atoms with van der Waals surface area (Å²) >= 11 is 0.